The summed E-state index contributed by atoms with van der Waals surface area (Å²) in [7, 11) is 0.136. The number of methoxy groups -OCH3 is 1. The van der Waals surface area contributed by atoms with Crippen LogP contribution in [0.2, 0.25) is 0 Å². The van der Waals surface area contributed by atoms with Gasteiger partial charge < -0.3 is 31.1 Å². The summed E-state index contributed by atoms with van der Waals surface area (Å²) in [6.07, 6.45) is 3.70. The van der Waals surface area contributed by atoms with E-state index in [0.717, 1.165) is 11.1 Å². The maximum absolute atomic E-state index is 13.8. The zero-order chi connectivity index (χ0) is 35.5. The van der Waals surface area contributed by atoms with Gasteiger partial charge in [-0.1, -0.05) is 55.8 Å². The van der Waals surface area contributed by atoms with Crippen LogP contribution in [0.5, 0.6) is 5.75 Å². The molecule has 0 radical (unpaired) electrons. The SMILES string of the molecule is CCN[C@@H](Cc1ccc(O)cc1)C(=O)NCC(=O)N(CCCCCC(=O)OC)[C@@H](Cc1ccccc1)C(=O)NC(=O)C(N)CCS(C)=O. The Morgan fingerprint density at radius 2 is 1.58 bits per heavy atom. The van der Waals surface area contributed by atoms with Gasteiger partial charge in [0, 0.05) is 42.2 Å². The van der Waals surface area contributed by atoms with Gasteiger partial charge in [-0.15, -0.1) is 0 Å². The Hall–Kier alpha value is -4.14. The molecule has 2 unspecified atom stereocenters. The van der Waals surface area contributed by atoms with Gasteiger partial charge in [0.15, 0.2) is 0 Å². The first-order valence-electron chi connectivity index (χ1n) is 16.0. The Morgan fingerprint density at radius 1 is 0.917 bits per heavy atom. The second-order valence-corrected chi connectivity index (χ2v) is 13.0. The Labute approximate surface area is 284 Å². The number of rotatable bonds is 21. The molecule has 0 aromatic heterocycles. The molecule has 0 fully saturated rings. The van der Waals surface area contributed by atoms with Crippen LogP contribution >= 0.6 is 0 Å². The number of nitrogens with two attached hydrogens (primary N) is 1. The van der Waals surface area contributed by atoms with Gasteiger partial charge in [0.1, 0.15) is 11.8 Å². The number of amides is 4. The van der Waals surface area contributed by atoms with E-state index in [2.05, 4.69) is 16.0 Å². The number of unbranched alkanes of at least 4 members (excludes halogenated alkanes) is 2. The topological polar surface area (TPSA) is 197 Å². The molecule has 0 bridgehead atoms. The van der Waals surface area contributed by atoms with Crippen molar-refractivity contribution >= 4 is 40.4 Å². The largest absolute Gasteiger partial charge is 0.508 e. The van der Waals surface area contributed by atoms with E-state index in [9.17, 15) is 33.3 Å². The lowest BCUT2D eigenvalue weighted by molar-refractivity contribution is -0.143. The lowest BCUT2D eigenvalue weighted by Crippen LogP contribution is -2.57. The molecular formula is C34H49N5O8S. The van der Waals surface area contributed by atoms with E-state index < -0.39 is 59.1 Å². The number of aromatic hydroxyl groups is 1. The number of nitrogens with zero attached hydrogens (tertiary/aromatic N) is 1. The fourth-order valence-electron chi connectivity index (χ4n) is 4.95. The molecule has 264 valence electrons. The third-order valence-electron chi connectivity index (χ3n) is 7.64. The predicted molar refractivity (Wildman–Crippen MR) is 183 cm³/mol. The van der Waals surface area contributed by atoms with Crippen LogP contribution in [0.4, 0.5) is 0 Å². The van der Waals surface area contributed by atoms with Crippen LogP contribution in [-0.4, -0.2) is 101 Å². The summed E-state index contributed by atoms with van der Waals surface area (Å²) in [5.74, 6) is -2.49. The van der Waals surface area contributed by atoms with Gasteiger partial charge >= 0.3 is 5.97 Å². The van der Waals surface area contributed by atoms with Gasteiger partial charge in [0.25, 0.3) is 0 Å². The maximum atomic E-state index is 13.8. The Morgan fingerprint density at radius 3 is 2.21 bits per heavy atom. The number of benzene rings is 2. The van der Waals surface area contributed by atoms with Crippen LogP contribution in [0.3, 0.4) is 0 Å². The van der Waals surface area contributed by atoms with Gasteiger partial charge in [0.05, 0.1) is 25.7 Å². The molecule has 2 aromatic rings. The number of hydrogen-bond acceptors (Lipinski definition) is 10. The number of likely N-dealkylation sites (N-methyl/N-ethyl adjacent to an activating group) is 1. The summed E-state index contributed by atoms with van der Waals surface area (Å²) in [5.41, 5.74) is 7.51. The lowest BCUT2D eigenvalue weighted by Gasteiger charge is -2.32. The van der Waals surface area contributed by atoms with Crippen molar-refractivity contribution < 1.29 is 38.0 Å². The average molecular weight is 688 g/mol. The maximum Gasteiger partial charge on any atom is 0.305 e. The van der Waals surface area contributed by atoms with Crippen LogP contribution in [0.25, 0.3) is 0 Å². The van der Waals surface area contributed by atoms with E-state index in [1.165, 1.54) is 30.4 Å². The summed E-state index contributed by atoms with van der Waals surface area (Å²) in [4.78, 5) is 66.6. The van der Waals surface area contributed by atoms with Crippen molar-refractivity contribution in [3.8, 4) is 5.75 Å². The highest BCUT2D eigenvalue weighted by molar-refractivity contribution is 7.84. The number of hydrogen-bond donors (Lipinski definition) is 5. The van der Waals surface area contributed by atoms with Gasteiger partial charge in [-0.05, 0) is 55.5 Å². The average Bonchev–Trinajstić information content (AvgIpc) is 3.07. The monoisotopic (exact) mass is 687 g/mol. The minimum absolute atomic E-state index is 0.0802. The second kappa shape index (κ2) is 21.7. The molecular weight excluding hydrogens is 638 g/mol. The standard InChI is InChI=1S/C34H49N5O8S/c1-4-36-28(21-25-14-16-26(40)17-15-25)33(44)37-23-30(41)39(19-10-6-9-13-31(42)47-2)29(22-24-11-7-5-8-12-24)34(45)38-32(43)27(35)18-20-48(3)46/h5,7-8,11-12,14-17,27-29,36,40H,4,6,9-10,13,18-23,35H2,1-3H3,(H,37,44)(H,38,43,45)/t27?,28-,29-,48?/m0/s1. The zero-order valence-electron chi connectivity index (χ0n) is 27.9. The third kappa shape index (κ3) is 14.7. The Kier molecular flexibility index (Phi) is 18.1. The molecule has 0 aliphatic heterocycles. The van der Waals surface area contributed by atoms with Crippen molar-refractivity contribution in [3.05, 3.63) is 65.7 Å². The molecule has 4 amide bonds. The number of ether oxygens (including phenoxy) is 1. The molecule has 2 aromatic carbocycles. The van der Waals surface area contributed by atoms with Gasteiger partial charge in [0.2, 0.25) is 23.6 Å². The van der Waals surface area contributed by atoms with Gasteiger partial charge in [-0.3, -0.25) is 33.5 Å². The van der Waals surface area contributed by atoms with Crippen molar-refractivity contribution in [2.45, 2.75) is 70.0 Å². The third-order valence-corrected chi connectivity index (χ3v) is 8.45. The van der Waals surface area contributed by atoms with Crippen molar-refractivity contribution in [3.63, 3.8) is 0 Å². The summed E-state index contributed by atoms with van der Waals surface area (Å²) < 4.78 is 16.2. The first-order chi connectivity index (χ1) is 22.9. The molecule has 0 heterocycles. The van der Waals surface area contributed by atoms with E-state index in [4.69, 9.17) is 10.5 Å². The summed E-state index contributed by atoms with van der Waals surface area (Å²) in [6, 6.07) is 12.6. The zero-order valence-corrected chi connectivity index (χ0v) is 28.8. The number of esters is 1. The molecule has 6 N–H and O–H groups in total. The summed E-state index contributed by atoms with van der Waals surface area (Å²) >= 11 is 0. The number of phenolic OH excluding ortho intramolecular Hbond substituents is 1. The highest BCUT2D eigenvalue weighted by Gasteiger charge is 2.32. The number of carbonyl (C=O) groups excluding carboxylic acids is 5. The van der Waals surface area contributed by atoms with Crippen molar-refractivity contribution in [1.29, 1.82) is 0 Å². The molecule has 0 aliphatic carbocycles. The normalized spacial score (nSPS) is 13.4. The molecule has 0 spiro atoms. The predicted octanol–water partition coefficient (Wildman–Crippen LogP) is 0.941. The molecule has 0 saturated heterocycles. The first kappa shape index (κ1) is 40.0. The first-order valence-corrected chi connectivity index (χ1v) is 17.8. The van der Waals surface area contributed by atoms with Crippen molar-refractivity contribution in [1.82, 2.24) is 20.9 Å². The molecule has 48 heavy (non-hydrogen) atoms. The fourth-order valence-corrected chi connectivity index (χ4v) is 5.53. The fraction of sp³-hybridized carbons (Fsp3) is 0.500. The quantitative estimate of drug-likeness (QED) is 0.0931. The van der Waals surface area contributed by atoms with E-state index in [1.54, 1.807) is 36.4 Å². The van der Waals surface area contributed by atoms with Crippen molar-refractivity contribution in [2.24, 2.45) is 5.73 Å². The highest BCUT2D eigenvalue weighted by atomic mass is 32.2. The van der Waals surface area contributed by atoms with Crippen LogP contribution in [0, 0.1) is 0 Å². The van der Waals surface area contributed by atoms with Crippen LogP contribution in [0.15, 0.2) is 54.6 Å². The van der Waals surface area contributed by atoms with Crippen LogP contribution in [-0.2, 0) is 52.4 Å². The highest BCUT2D eigenvalue weighted by Crippen LogP contribution is 2.14. The Bertz CT molecular complexity index is 1360. The smallest absolute Gasteiger partial charge is 0.305 e. The molecule has 0 aliphatic rings. The summed E-state index contributed by atoms with van der Waals surface area (Å²) in [6.45, 7) is 2.05. The van der Waals surface area contributed by atoms with Gasteiger partial charge in [-0.25, -0.2) is 0 Å². The van der Waals surface area contributed by atoms with Crippen LogP contribution < -0.4 is 21.7 Å². The van der Waals surface area contributed by atoms with E-state index in [0.29, 0.717) is 32.2 Å². The summed E-state index contributed by atoms with van der Waals surface area (Å²) in [5, 5.41) is 17.8. The molecule has 13 nitrogen and oxygen atoms in total. The van der Waals surface area contributed by atoms with E-state index in [-0.39, 0.29) is 43.3 Å². The number of carbonyl (C=O) groups is 5. The lowest BCUT2D eigenvalue weighted by atomic mass is 10.0. The van der Waals surface area contributed by atoms with Gasteiger partial charge in [-0.2, -0.15) is 0 Å². The Balaban J connectivity index is 2.28. The number of phenols is 1. The van der Waals surface area contributed by atoms with Crippen LogP contribution in [0.1, 0.15) is 50.2 Å². The molecule has 0 saturated carbocycles. The minimum Gasteiger partial charge on any atom is -0.508 e. The second-order valence-electron chi connectivity index (χ2n) is 11.4. The van der Waals surface area contributed by atoms with Crippen molar-refractivity contribution in [2.75, 3.05) is 38.8 Å². The van der Waals surface area contributed by atoms with E-state index in [1.807, 2.05) is 13.0 Å². The molecule has 4 atom stereocenters. The van der Waals surface area contributed by atoms with E-state index >= 15 is 0 Å². The number of nitrogens with one attached hydrogen (secondary N) is 3. The minimum atomic E-state index is -1.17. The number of imide groups is 1. The molecule has 14 heteroatoms. The molecule has 2 rings (SSSR count).